The molecule has 0 aliphatic carbocycles. The van der Waals surface area contributed by atoms with Gasteiger partial charge in [-0.15, -0.1) is 6.58 Å². The number of hydrogen-bond donors (Lipinski definition) is 2. The summed E-state index contributed by atoms with van der Waals surface area (Å²) in [5.41, 5.74) is 6.88. The van der Waals surface area contributed by atoms with E-state index in [1.54, 1.807) is 18.2 Å². The first-order valence-electron chi connectivity index (χ1n) is 6.81. The zero-order valence-electron chi connectivity index (χ0n) is 11.5. The fraction of sp³-hybridized carbons (Fsp3) is 0.400. The molecular weight excluding hydrogens is 254 g/mol. The lowest BCUT2D eigenvalue weighted by molar-refractivity contribution is -0.132. The van der Waals surface area contributed by atoms with Gasteiger partial charge in [0.1, 0.15) is 5.75 Å². The van der Waals surface area contributed by atoms with Crippen LogP contribution in [0.3, 0.4) is 0 Å². The maximum Gasteiger partial charge on any atom is 0.239 e. The van der Waals surface area contributed by atoms with Gasteiger partial charge in [-0.3, -0.25) is 4.79 Å². The zero-order valence-corrected chi connectivity index (χ0v) is 11.5. The van der Waals surface area contributed by atoms with Crippen molar-refractivity contribution < 1.29 is 9.90 Å². The van der Waals surface area contributed by atoms with E-state index in [1.165, 1.54) is 0 Å². The number of piperazine rings is 1. The molecular formula is C15H21N3O2. The number of amides is 1. The molecule has 0 spiro atoms. The standard InChI is InChI=1S/C15H21N3O2/c1-2-3-14(16)15(20)18-10-8-17(9-11-18)12-4-6-13(19)7-5-12/h2,4-7,14,19H,1,3,8-11,16H2. The number of phenols is 1. The monoisotopic (exact) mass is 275 g/mol. The van der Waals surface area contributed by atoms with Gasteiger partial charge in [0.2, 0.25) is 5.91 Å². The van der Waals surface area contributed by atoms with Gasteiger partial charge in [-0.2, -0.15) is 0 Å². The van der Waals surface area contributed by atoms with Crippen LogP contribution in [0.5, 0.6) is 5.75 Å². The van der Waals surface area contributed by atoms with E-state index in [0.29, 0.717) is 19.5 Å². The minimum atomic E-state index is -0.479. The zero-order chi connectivity index (χ0) is 14.5. The van der Waals surface area contributed by atoms with Gasteiger partial charge in [-0.05, 0) is 30.7 Å². The summed E-state index contributed by atoms with van der Waals surface area (Å²) in [4.78, 5) is 16.1. The molecule has 5 heteroatoms. The van der Waals surface area contributed by atoms with Gasteiger partial charge in [0.25, 0.3) is 0 Å². The van der Waals surface area contributed by atoms with Crippen LogP contribution in [0.15, 0.2) is 36.9 Å². The van der Waals surface area contributed by atoms with Crippen molar-refractivity contribution in [2.24, 2.45) is 5.73 Å². The predicted molar refractivity (Wildman–Crippen MR) is 79.7 cm³/mol. The molecule has 2 rings (SSSR count). The van der Waals surface area contributed by atoms with Gasteiger partial charge in [0, 0.05) is 31.9 Å². The molecule has 5 nitrogen and oxygen atoms in total. The van der Waals surface area contributed by atoms with Crippen molar-refractivity contribution in [3.63, 3.8) is 0 Å². The minimum absolute atomic E-state index is 0.00439. The number of hydrogen-bond acceptors (Lipinski definition) is 4. The Morgan fingerprint density at radius 3 is 2.45 bits per heavy atom. The Hall–Kier alpha value is -2.01. The van der Waals surface area contributed by atoms with Crippen molar-refractivity contribution in [1.82, 2.24) is 4.90 Å². The topological polar surface area (TPSA) is 69.8 Å². The number of carbonyl (C=O) groups is 1. The van der Waals surface area contributed by atoms with Gasteiger partial charge in [-0.1, -0.05) is 6.08 Å². The minimum Gasteiger partial charge on any atom is -0.508 e. The first-order valence-corrected chi connectivity index (χ1v) is 6.81. The van der Waals surface area contributed by atoms with Crippen molar-refractivity contribution in [3.8, 4) is 5.75 Å². The fourth-order valence-electron chi connectivity index (χ4n) is 2.36. The first kappa shape index (κ1) is 14.4. The quantitative estimate of drug-likeness (QED) is 0.803. The number of rotatable bonds is 4. The van der Waals surface area contributed by atoms with Crippen LogP contribution in [0.1, 0.15) is 6.42 Å². The lowest BCUT2D eigenvalue weighted by atomic mass is 10.1. The molecule has 1 aromatic rings. The van der Waals surface area contributed by atoms with Crippen LogP contribution in [0.4, 0.5) is 5.69 Å². The number of anilines is 1. The third-order valence-corrected chi connectivity index (χ3v) is 3.54. The Labute approximate surface area is 119 Å². The smallest absolute Gasteiger partial charge is 0.239 e. The molecule has 108 valence electrons. The number of aromatic hydroxyl groups is 1. The molecule has 1 heterocycles. The van der Waals surface area contributed by atoms with Crippen LogP contribution in [-0.2, 0) is 4.79 Å². The van der Waals surface area contributed by atoms with Gasteiger partial charge < -0.3 is 20.6 Å². The maximum absolute atomic E-state index is 12.1. The highest BCUT2D eigenvalue weighted by atomic mass is 16.3. The Bertz CT molecular complexity index is 465. The van der Waals surface area contributed by atoms with E-state index in [2.05, 4.69) is 11.5 Å². The molecule has 20 heavy (non-hydrogen) atoms. The Balaban J connectivity index is 1.90. The summed E-state index contributed by atoms with van der Waals surface area (Å²) in [5.74, 6) is 0.258. The predicted octanol–water partition coefficient (Wildman–Crippen LogP) is 0.944. The van der Waals surface area contributed by atoms with Crippen LogP contribution in [-0.4, -0.2) is 48.1 Å². The molecule has 1 aliphatic rings. The van der Waals surface area contributed by atoms with E-state index >= 15 is 0 Å². The third-order valence-electron chi connectivity index (χ3n) is 3.54. The fourth-order valence-corrected chi connectivity index (χ4v) is 2.36. The molecule has 0 bridgehead atoms. The molecule has 1 aliphatic heterocycles. The van der Waals surface area contributed by atoms with E-state index in [4.69, 9.17) is 5.73 Å². The van der Waals surface area contributed by atoms with Crippen LogP contribution >= 0.6 is 0 Å². The van der Waals surface area contributed by atoms with Crippen molar-refractivity contribution in [3.05, 3.63) is 36.9 Å². The molecule has 0 saturated carbocycles. The second kappa shape index (κ2) is 6.43. The van der Waals surface area contributed by atoms with Crippen LogP contribution < -0.4 is 10.6 Å². The number of nitrogens with two attached hydrogens (primary N) is 1. The molecule has 1 unspecified atom stereocenters. The van der Waals surface area contributed by atoms with E-state index in [-0.39, 0.29) is 11.7 Å². The summed E-state index contributed by atoms with van der Waals surface area (Å²) in [6, 6.07) is 6.64. The molecule has 1 saturated heterocycles. The highest BCUT2D eigenvalue weighted by molar-refractivity contribution is 5.82. The summed E-state index contributed by atoms with van der Waals surface area (Å²) in [6.45, 7) is 6.50. The van der Waals surface area contributed by atoms with E-state index < -0.39 is 6.04 Å². The van der Waals surface area contributed by atoms with Gasteiger partial charge in [0.15, 0.2) is 0 Å². The third kappa shape index (κ3) is 3.30. The van der Waals surface area contributed by atoms with Gasteiger partial charge in [-0.25, -0.2) is 0 Å². The summed E-state index contributed by atoms with van der Waals surface area (Å²) in [5, 5.41) is 9.29. The largest absolute Gasteiger partial charge is 0.508 e. The highest BCUT2D eigenvalue weighted by Crippen LogP contribution is 2.20. The van der Waals surface area contributed by atoms with Crippen molar-refractivity contribution in [2.75, 3.05) is 31.1 Å². The molecule has 0 radical (unpaired) electrons. The van der Waals surface area contributed by atoms with Crippen molar-refractivity contribution in [2.45, 2.75) is 12.5 Å². The lowest BCUT2D eigenvalue weighted by Crippen LogP contribution is -2.53. The SMILES string of the molecule is C=CCC(N)C(=O)N1CCN(c2ccc(O)cc2)CC1. The molecule has 3 N–H and O–H groups in total. The maximum atomic E-state index is 12.1. The molecule has 1 fully saturated rings. The Kier molecular flexibility index (Phi) is 4.63. The highest BCUT2D eigenvalue weighted by Gasteiger charge is 2.24. The lowest BCUT2D eigenvalue weighted by Gasteiger charge is -2.37. The number of carbonyl (C=O) groups excluding carboxylic acids is 1. The van der Waals surface area contributed by atoms with Crippen LogP contribution in [0, 0.1) is 0 Å². The average molecular weight is 275 g/mol. The van der Waals surface area contributed by atoms with Crippen molar-refractivity contribution >= 4 is 11.6 Å². The Morgan fingerprint density at radius 1 is 1.30 bits per heavy atom. The van der Waals surface area contributed by atoms with Crippen LogP contribution in [0.2, 0.25) is 0 Å². The summed E-state index contributed by atoms with van der Waals surface area (Å²) in [7, 11) is 0. The number of phenolic OH excluding ortho intramolecular Hbond substituents is 1. The summed E-state index contributed by atoms with van der Waals surface area (Å²) < 4.78 is 0. The first-order chi connectivity index (χ1) is 9.61. The Morgan fingerprint density at radius 2 is 1.90 bits per heavy atom. The second-order valence-corrected chi connectivity index (χ2v) is 4.96. The second-order valence-electron chi connectivity index (χ2n) is 4.96. The van der Waals surface area contributed by atoms with Crippen LogP contribution in [0.25, 0.3) is 0 Å². The molecule has 1 aromatic carbocycles. The normalized spacial score (nSPS) is 16.9. The van der Waals surface area contributed by atoms with E-state index in [1.807, 2.05) is 17.0 Å². The summed E-state index contributed by atoms with van der Waals surface area (Å²) >= 11 is 0. The van der Waals surface area contributed by atoms with Crippen molar-refractivity contribution in [1.29, 1.82) is 0 Å². The number of nitrogens with zero attached hydrogens (tertiary/aromatic N) is 2. The number of benzene rings is 1. The van der Waals surface area contributed by atoms with E-state index in [9.17, 15) is 9.90 Å². The molecule has 1 atom stereocenters. The summed E-state index contributed by atoms with van der Waals surface area (Å²) in [6.07, 6.45) is 2.19. The molecule has 0 aromatic heterocycles. The van der Waals surface area contributed by atoms with Gasteiger partial charge >= 0.3 is 0 Å². The average Bonchev–Trinajstić information content (AvgIpc) is 2.48. The molecule has 1 amide bonds. The van der Waals surface area contributed by atoms with E-state index in [0.717, 1.165) is 18.8 Å². The van der Waals surface area contributed by atoms with Gasteiger partial charge in [0.05, 0.1) is 6.04 Å².